The van der Waals surface area contributed by atoms with Gasteiger partial charge in [-0.1, -0.05) is 12.1 Å². The number of fused-ring (bicyclic) bond motifs is 1. The molecule has 2 aromatic rings. The van der Waals surface area contributed by atoms with Crippen molar-refractivity contribution in [1.82, 2.24) is 14.8 Å². The third kappa shape index (κ3) is 3.85. The lowest BCUT2D eigenvalue weighted by Gasteiger charge is -2.36. The number of hydrogen-bond acceptors (Lipinski definition) is 3. The number of carbonyl (C=O) groups is 2. The van der Waals surface area contributed by atoms with Crippen LogP contribution in [0.25, 0.3) is 0 Å². The summed E-state index contributed by atoms with van der Waals surface area (Å²) < 4.78 is 20.6. The van der Waals surface area contributed by atoms with Crippen molar-refractivity contribution < 1.29 is 18.7 Å². The van der Waals surface area contributed by atoms with Gasteiger partial charge in [-0.15, -0.1) is 0 Å². The molecular weight excluding hydrogens is 339 g/mol. The molecule has 0 saturated carbocycles. The highest BCUT2D eigenvalue weighted by molar-refractivity contribution is 5.94. The first-order valence-corrected chi connectivity index (χ1v) is 8.34. The smallest absolute Gasteiger partial charge is 0.319 e. The van der Waals surface area contributed by atoms with Gasteiger partial charge < -0.3 is 24.8 Å². The minimum absolute atomic E-state index is 0.0976. The molecule has 8 heteroatoms. The number of para-hydroxylation sites is 1. The first kappa shape index (κ1) is 17.9. The van der Waals surface area contributed by atoms with E-state index < -0.39 is 11.8 Å². The normalized spacial score (nSPS) is 16.3. The Balaban J connectivity index is 1.64. The Morgan fingerprint density at radius 2 is 2.12 bits per heavy atom. The molecule has 1 aromatic heterocycles. The predicted octanol–water partition coefficient (Wildman–Crippen LogP) is 1.92. The fraction of sp³-hybridized carbons (Fsp3) is 0.333. The Hall–Kier alpha value is -2.87. The zero-order valence-corrected chi connectivity index (χ0v) is 14.4. The third-order valence-corrected chi connectivity index (χ3v) is 4.31. The summed E-state index contributed by atoms with van der Waals surface area (Å²) in [6.45, 7) is 1.65. The van der Waals surface area contributed by atoms with Gasteiger partial charge in [0.15, 0.2) is 0 Å². The molecule has 3 amide bonds. The molecule has 0 bridgehead atoms. The number of rotatable bonds is 6. The van der Waals surface area contributed by atoms with Crippen molar-refractivity contribution in [3.63, 3.8) is 0 Å². The van der Waals surface area contributed by atoms with Gasteiger partial charge in [0.2, 0.25) is 0 Å². The Kier molecular flexibility index (Phi) is 5.52. The minimum atomic E-state index is -0.521. The highest BCUT2D eigenvalue weighted by Gasteiger charge is 2.32. The van der Waals surface area contributed by atoms with Gasteiger partial charge in [-0.05, 0) is 24.3 Å². The standard InChI is InChI=1S/C18H21FN4O3/c1-26-10-9-23-13(12-22-8-4-7-16(22)17(23)24)11-20-18(25)21-15-6-3-2-5-14(15)19/h2-8,13H,9-12H2,1H3,(H2,20,21,25). The minimum Gasteiger partial charge on any atom is -0.383 e. The molecule has 0 radical (unpaired) electrons. The van der Waals surface area contributed by atoms with E-state index in [9.17, 15) is 14.0 Å². The monoisotopic (exact) mass is 360 g/mol. The van der Waals surface area contributed by atoms with E-state index in [-0.39, 0.29) is 24.2 Å². The number of methoxy groups -OCH3 is 1. The highest BCUT2D eigenvalue weighted by atomic mass is 19.1. The lowest BCUT2D eigenvalue weighted by molar-refractivity contribution is 0.0514. The van der Waals surface area contributed by atoms with Crippen molar-refractivity contribution in [2.75, 3.05) is 32.1 Å². The highest BCUT2D eigenvalue weighted by Crippen LogP contribution is 2.18. The van der Waals surface area contributed by atoms with Crippen molar-refractivity contribution in [3.05, 3.63) is 54.1 Å². The number of nitrogens with zero attached hydrogens (tertiary/aromatic N) is 2. The second-order valence-corrected chi connectivity index (χ2v) is 6.01. The molecule has 138 valence electrons. The number of hydrogen-bond donors (Lipinski definition) is 2. The van der Waals surface area contributed by atoms with E-state index in [1.54, 1.807) is 30.2 Å². The molecule has 1 aliphatic rings. The van der Waals surface area contributed by atoms with Crippen LogP contribution in [-0.2, 0) is 11.3 Å². The van der Waals surface area contributed by atoms with Crippen LogP contribution in [0.4, 0.5) is 14.9 Å². The maximum atomic E-state index is 13.6. The number of carbonyl (C=O) groups excluding carboxylic acids is 2. The number of amides is 3. The zero-order valence-electron chi connectivity index (χ0n) is 14.4. The van der Waals surface area contributed by atoms with Gasteiger partial charge in [0.1, 0.15) is 11.5 Å². The third-order valence-electron chi connectivity index (χ3n) is 4.31. The summed E-state index contributed by atoms with van der Waals surface area (Å²) in [5.41, 5.74) is 0.724. The van der Waals surface area contributed by atoms with Gasteiger partial charge in [-0.2, -0.15) is 0 Å². The maximum absolute atomic E-state index is 13.6. The summed E-state index contributed by atoms with van der Waals surface area (Å²) in [5, 5.41) is 5.19. The summed E-state index contributed by atoms with van der Waals surface area (Å²) in [5.74, 6) is -0.603. The second kappa shape index (κ2) is 8.01. The van der Waals surface area contributed by atoms with Crippen LogP contribution in [0.2, 0.25) is 0 Å². The van der Waals surface area contributed by atoms with Gasteiger partial charge in [0, 0.05) is 32.9 Å². The van der Waals surface area contributed by atoms with E-state index in [1.165, 1.54) is 12.1 Å². The van der Waals surface area contributed by atoms with Crippen molar-refractivity contribution in [2.45, 2.75) is 12.6 Å². The van der Waals surface area contributed by atoms with Crippen LogP contribution in [0.1, 0.15) is 10.5 Å². The molecule has 0 aliphatic carbocycles. The molecule has 0 spiro atoms. The molecule has 0 saturated heterocycles. The number of benzene rings is 1. The summed E-state index contributed by atoms with van der Waals surface area (Å²) in [6, 6.07) is 8.80. The average Bonchev–Trinajstić information content (AvgIpc) is 3.10. The molecule has 1 atom stereocenters. The molecule has 1 unspecified atom stereocenters. The Morgan fingerprint density at radius 3 is 2.88 bits per heavy atom. The van der Waals surface area contributed by atoms with E-state index in [4.69, 9.17) is 4.74 Å². The molecule has 3 rings (SSSR count). The Labute approximate surface area is 150 Å². The molecular formula is C18H21FN4O3. The van der Waals surface area contributed by atoms with Gasteiger partial charge >= 0.3 is 6.03 Å². The van der Waals surface area contributed by atoms with Gasteiger partial charge in [-0.25, -0.2) is 9.18 Å². The number of halogens is 1. The molecule has 1 aliphatic heterocycles. The molecule has 2 N–H and O–H groups in total. The number of aromatic nitrogens is 1. The zero-order chi connectivity index (χ0) is 18.5. The van der Waals surface area contributed by atoms with Crippen LogP contribution in [0.3, 0.4) is 0 Å². The van der Waals surface area contributed by atoms with Crippen molar-refractivity contribution in [2.24, 2.45) is 0 Å². The van der Waals surface area contributed by atoms with Crippen LogP contribution in [0, 0.1) is 5.82 Å². The number of nitrogens with one attached hydrogen (secondary N) is 2. The van der Waals surface area contributed by atoms with Crippen molar-refractivity contribution >= 4 is 17.6 Å². The quantitative estimate of drug-likeness (QED) is 0.826. The number of urea groups is 1. The van der Waals surface area contributed by atoms with Crippen molar-refractivity contribution in [3.8, 4) is 0 Å². The number of ether oxygens (including phenoxy) is 1. The molecule has 1 aromatic carbocycles. The SMILES string of the molecule is COCCN1C(=O)c2cccn2CC1CNC(=O)Nc1ccccc1F. The van der Waals surface area contributed by atoms with Crippen LogP contribution in [0.5, 0.6) is 0 Å². The van der Waals surface area contributed by atoms with E-state index in [2.05, 4.69) is 10.6 Å². The van der Waals surface area contributed by atoms with E-state index in [0.717, 1.165) is 0 Å². The summed E-state index contributed by atoms with van der Waals surface area (Å²) in [7, 11) is 1.58. The molecule has 0 fully saturated rings. The summed E-state index contributed by atoms with van der Waals surface area (Å²) >= 11 is 0. The van der Waals surface area contributed by atoms with E-state index >= 15 is 0 Å². The largest absolute Gasteiger partial charge is 0.383 e. The maximum Gasteiger partial charge on any atom is 0.319 e. The topological polar surface area (TPSA) is 75.6 Å². The average molecular weight is 360 g/mol. The lowest BCUT2D eigenvalue weighted by Crippen LogP contribution is -2.54. The van der Waals surface area contributed by atoms with Crippen LogP contribution >= 0.6 is 0 Å². The van der Waals surface area contributed by atoms with E-state index in [0.29, 0.717) is 25.4 Å². The first-order valence-electron chi connectivity index (χ1n) is 8.34. The van der Waals surface area contributed by atoms with Crippen LogP contribution < -0.4 is 10.6 Å². The Morgan fingerprint density at radius 1 is 1.31 bits per heavy atom. The number of anilines is 1. The summed E-state index contributed by atoms with van der Waals surface area (Å²) in [4.78, 5) is 26.4. The molecule has 2 heterocycles. The van der Waals surface area contributed by atoms with Gasteiger partial charge in [-0.3, -0.25) is 4.79 Å². The van der Waals surface area contributed by atoms with Gasteiger partial charge in [0.05, 0.1) is 18.3 Å². The summed E-state index contributed by atoms with van der Waals surface area (Å²) in [6.07, 6.45) is 1.84. The van der Waals surface area contributed by atoms with E-state index in [1.807, 2.05) is 16.8 Å². The lowest BCUT2D eigenvalue weighted by atomic mass is 10.1. The van der Waals surface area contributed by atoms with Gasteiger partial charge in [0.25, 0.3) is 5.91 Å². The Bertz CT molecular complexity index is 792. The molecule has 7 nitrogen and oxygen atoms in total. The first-order chi connectivity index (χ1) is 12.6. The predicted molar refractivity (Wildman–Crippen MR) is 94.6 cm³/mol. The van der Waals surface area contributed by atoms with Crippen molar-refractivity contribution in [1.29, 1.82) is 0 Å². The fourth-order valence-corrected chi connectivity index (χ4v) is 2.99. The second-order valence-electron chi connectivity index (χ2n) is 6.01. The van der Waals surface area contributed by atoms with Crippen LogP contribution in [0.15, 0.2) is 42.6 Å². The van der Waals surface area contributed by atoms with Crippen LogP contribution in [-0.4, -0.2) is 54.3 Å². The fourth-order valence-electron chi connectivity index (χ4n) is 2.99. The molecule has 26 heavy (non-hydrogen) atoms.